The SMILES string of the molecule is CCNC(=NCC1CCN(CC)C1)NCCc1c[nH]c2cc(C)ccc12. The van der Waals surface area contributed by atoms with Crippen LogP contribution < -0.4 is 10.6 Å². The Balaban J connectivity index is 1.52. The Kier molecular flexibility index (Phi) is 6.56. The molecule has 3 N–H and O–H groups in total. The number of aryl methyl sites for hydroxylation is 1. The van der Waals surface area contributed by atoms with Crippen LogP contribution in [-0.2, 0) is 6.42 Å². The Bertz CT molecular complexity index is 733. The van der Waals surface area contributed by atoms with Crippen LogP contribution >= 0.6 is 0 Å². The van der Waals surface area contributed by atoms with Gasteiger partial charge in [0.2, 0.25) is 0 Å². The zero-order valence-electron chi connectivity index (χ0n) is 16.4. The lowest BCUT2D eigenvalue weighted by Gasteiger charge is -2.14. The highest BCUT2D eigenvalue weighted by Crippen LogP contribution is 2.19. The summed E-state index contributed by atoms with van der Waals surface area (Å²) in [5.74, 6) is 1.64. The van der Waals surface area contributed by atoms with Crippen LogP contribution in [0.2, 0.25) is 0 Å². The number of nitrogens with zero attached hydrogens (tertiary/aromatic N) is 2. The van der Waals surface area contributed by atoms with Crippen LogP contribution in [0, 0.1) is 12.8 Å². The van der Waals surface area contributed by atoms with Gasteiger partial charge in [-0.25, -0.2) is 0 Å². The lowest BCUT2D eigenvalue weighted by atomic mass is 10.1. The fraction of sp³-hybridized carbons (Fsp3) is 0.571. The summed E-state index contributed by atoms with van der Waals surface area (Å²) in [5.41, 5.74) is 3.87. The lowest BCUT2D eigenvalue weighted by Crippen LogP contribution is -2.38. The summed E-state index contributed by atoms with van der Waals surface area (Å²) >= 11 is 0. The number of aliphatic imine (C=N–C) groups is 1. The summed E-state index contributed by atoms with van der Waals surface area (Å²) in [6.07, 6.45) is 4.39. The third kappa shape index (κ3) is 4.79. The Morgan fingerprint density at radius 1 is 1.31 bits per heavy atom. The van der Waals surface area contributed by atoms with E-state index in [0.29, 0.717) is 5.92 Å². The predicted molar refractivity (Wildman–Crippen MR) is 111 cm³/mol. The molecule has 2 aromatic rings. The van der Waals surface area contributed by atoms with Crippen molar-refractivity contribution < 1.29 is 0 Å². The van der Waals surface area contributed by atoms with Crippen molar-refractivity contribution in [3.63, 3.8) is 0 Å². The second-order valence-electron chi connectivity index (χ2n) is 7.31. The van der Waals surface area contributed by atoms with E-state index in [-0.39, 0.29) is 0 Å². The predicted octanol–water partition coefficient (Wildman–Crippen LogP) is 2.92. The molecule has 0 spiro atoms. The van der Waals surface area contributed by atoms with E-state index in [1.807, 2.05) is 0 Å². The monoisotopic (exact) mass is 355 g/mol. The van der Waals surface area contributed by atoms with Crippen LogP contribution in [0.15, 0.2) is 29.4 Å². The maximum absolute atomic E-state index is 4.82. The highest BCUT2D eigenvalue weighted by molar-refractivity contribution is 5.84. The van der Waals surface area contributed by atoms with Gasteiger partial charge in [0.05, 0.1) is 0 Å². The normalized spacial score (nSPS) is 18.6. The van der Waals surface area contributed by atoms with Gasteiger partial charge in [0.1, 0.15) is 0 Å². The Hall–Kier alpha value is -2.01. The number of hydrogen-bond acceptors (Lipinski definition) is 2. The van der Waals surface area contributed by atoms with Gasteiger partial charge in [-0.15, -0.1) is 0 Å². The molecule has 0 amide bonds. The van der Waals surface area contributed by atoms with Gasteiger partial charge >= 0.3 is 0 Å². The Morgan fingerprint density at radius 3 is 2.96 bits per heavy atom. The number of aromatic amines is 1. The van der Waals surface area contributed by atoms with Gasteiger partial charge in [-0.1, -0.05) is 19.1 Å². The fourth-order valence-corrected chi connectivity index (χ4v) is 3.73. The van der Waals surface area contributed by atoms with Crippen LogP contribution in [0.4, 0.5) is 0 Å². The number of aromatic nitrogens is 1. The molecule has 5 nitrogen and oxygen atoms in total. The summed E-state index contributed by atoms with van der Waals surface area (Å²) in [6, 6.07) is 6.61. The van der Waals surface area contributed by atoms with E-state index in [9.17, 15) is 0 Å². The maximum atomic E-state index is 4.82. The first kappa shape index (κ1) is 18.8. The number of nitrogens with one attached hydrogen (secondary N) is 3. The number of rotatable bonds is 7. The van der Waals surface area contributed by atoms with E-state index in [2.05, 4.69) is 65.7 Å². The third-order valence-electron chi connectivity index (χ3n) is 5.28. The first-order valence-corrected chi connectivity index (χ1v) is 10.0. The lowest BCUT2D eigenvalue weighted by molar-refractivity contribution is 0.343. The number of likely N-dealkylation sites (tertiary alicyclic amines) is 1. The molecule has 1 aromatic carbocycles. The van der Waals surface area contributed by atoms with Crippen molar-refractivity contribution in [3.8, 4) is 0 Å². The number of hydrogen-bond donors (Lipinski definition) is 3. The molecule has 26 heavy (non-hydrogen) atoms. The largest absolute Gasteiger partial charge is 0.361 e. The van der Waals surface area contributed by atoms with Crippen molar-refractivity contribution in [2.45, 2.75) is 33.6 Å². The molecule has 1 aromatic heterocycles. The molecule has 1 fully saturated rings. The topological polar surface area (TPSA) is 55.5 Å². The molecule has 3 rings (SSSR count). The van der Waals surface area contributed by atoms with Crippen molar-refractivity contribution in [3.05, 3.63) is 35.5 Å². The minimum absolute atomic E-state index is 0.697. The molecule has 1 aliphatic rings. The first-order valence-electron chi connectivity index (χ1n) is 10.0. The van der Waals surface area contributed by atoms with Crippen molar-refractivity contribution in [2.24, 2.45) is 10.9 Å². The van der Waals surface area contributed by atoms with Crippen molar-refractivity contribution in [1.82, 2.24) is 20.5 Å². The minimum Gasteiger partial charge on any atom is -0.361 e. The van der Waals surface area contributed by atoms with E-state index in [1.165, 1.54) is 41.5 Å². The van der Waals surface area contributed by atoms with Gasteiger partial charge in [-0.05, 0) is 62.9 Å². The van der Waals surface area contributed by atoms with Gasteiger partial charge in [-0.2, -0.15) is 0 Å². The van der Waals surface area contributed by atoms with E-state index < -0.39 is 0 Å². The third-order valence-corrected chi connectivity index (χ3v) is 5.28. The van der Waals surface area contributed by atoms with E-state index >= 15 is 0 Å². The summed E-state index contributed by atoms with van der Waals surface area (Å²) < 4.78 is 0. The van der Waals surface area contributed by atoms with Gasteiger partial charge in [0, 0.05) is 43.3 Å². The van der Waals surface area contributed by atoms with E-state index in [0.717, 1.165) is 38.6 Å². The molecular formula is C21H33N5. The fourth-order valence-electron chi connectivity index (χ4n) is 3.73. The number of benzene rings is 1. The summed E-state index contributed by atoms with van der Waals surface area (Å²) in [6.45, 7) is 12.7. The molecule has 1 atom stereocenters. The molecule has 1 unspecified atom stereocenters. The van der Waals surface area contributed by atoms with Crippen molar-refractivity contribution in [2.75, 3.05) is 39.3 Å². The van der Waals surface area contributed by atoms with Gasteiger partial charge < -0.3 is 20.5 Å². The van der Waals surface area contributed by atoms with Gasteiger partial charge in [0.15, 0.2) is 5.96 Å². The molecule has 1 saturated heterocycles. The Morgan fingerprint density at radius 2 is 2.19 bits per heavy atom. The molecule has 0 bridgehead atoms. The van der Waals surface area contributed by atoms with E-state index in [1.54, 1.807) is 0 Å². The number of fused-ring (bicyclic) bond motifs is 1. The molecule has 5 heteroatoms. The van der Waals surface area contributed by atoms with Crippen LogP contribution in [0.5, 0.6) is 0 Å². The highest BCUT2D eigenvalue weighted by atomic mass is 15.2. The molecule has 0 radical (unpaired) electrons. The molecular weight excluding hydrogens is 322 g/mol. The number of H-pyrrole nitrogens is 1. The molecule has 142 valence electrons. The maximum Gasteiger partial charge on any atom is 0.191 e. The van der Waals surface area contributed by atoms with Crippen LogP contribution in [0.25, 0.3) is 10.9 Å². The minimum atomic E-state index is 0.697. The van der Waals surface area contributed by atoms with Crippen molar-refractivity contribution in [1.29, 1.82) is 0 Å². The Labute approximate surface area is 157 Å². The first-order chi connectivity index (χ1) is 12.7. The molecule has 0 aliphatic carbocycles. The van der Waals surface area contributed by atoms with Crippen LogP contribution in [0.1, 0.15) is 31.4 Å². The highest BCUT2D eigenvalue weighted by Gasteiger charge is 2.20. The molecule has 2 heterocycles. The summed E-state index contributed by atoms with van der Waals surface area (Å²) in [7, 11) is 0. The zero-order chi connectivity index (χ0) is 18.4. The average Bonchev–Trinajstić information content (AvgIpc) is 3.26. The van der Waals surface area contributed by atoms with E-state index in [4.69, 9.17) is 4.99 Å². The number of guanidine groups is 1. The quantitative estimate of drug-likeness (QED) is 0.529. The molecule has 1 aliphatic heterocycles. The van der Waals surface area contributed by atoms with Crippen LogP contribution in [-0.4, -0.2) is 55.1 Å². The van der Waals surface area contributed by atoms with Gasteiger partial charge in [0.25, 0.3) is 0 Å². The summed E-state index contributed by atoms with van der Waals surface area (Å²) in [4.78, 5) is 10.7. The van der Waals surface area contributed by atoms with Crippen molar-refractivity contribution >= 4 is 16.9 Å². The zero-order valence-corrected chi connectivity index (χ0v) is 16.4. The van der Waals surface area contributed by atoms with Crippen LogP contribution in [0.3, 0.4) is 0 Å². The average molecular weight is 356 g/mol. The van der Waals surface area contributed by atoms with Gasteiger partial charge in [-0.3, -0.25) is 4.99 Å². The second-order valence-corrected chi connectivity index (χ2v) is 7.31. The molecule has 0 saturated carbocycles. The standard InChI is InChI=1S/C21H33N5/c1-4-22-21(25-13-17-9-11-26(5-2)15-17)23-10-8-18-14-24-20-12-16(3)6-7-19(18)20/h6-7,12,14,17,24H,4-5,8-11,13,15H2,1-3H3,(H2,22,23,25). The summed E-state index contributed by atoms with van der Waals surface area (Å²) in [5, 5.41) is 8.19. The second kappa shape index (κ2) is 9.08. The smallest absolute Gasteiger partial charge is 0.191 e.